The lowest BCUT2D eigenvalue weighted by Gasteiger charge is -2.10. The quantitative estimate of drug-likeness (QED) is 0.703. The molecule has 15 heavy (non-hydrogen) atoms. The van der Waals surface area contributed by atoms with Crippen LogP contribution in [0.3, 0.4) is 0 Å². The van der Waals surface area contributed by atoms with Crippen molar-refractivity contribution in [3.63, 3.8) is 0 Å². The molecule has 0 aliphatic rings. The highest BCUT2D eigenvalue weighted by atomic mass is 16.1. The number of pyridine rings is 1. The molecule has 0 amide bonds. The van der Waals surface area contributed by atoms with Gasteiger partial charge in [-0.25, -0.2) is 0 Å². The minimum Gasteiger partial charge on any atom is -0.383 e. The number of hydrogen-bond donors (Lipinski definition) is 0. The van der Waals surface area contributed by atoms with E-state index in [1.165, 1.54) is 0 Å². The minimum absolute atomic E-state index is 0.136. The van der Waals surface area contributed by atoms with Crippen molar-refractivity contribution in [2.24, 2.45) is 0 Å². The van der Waals surface area contributed by atoms with Crippen molar-refractivity contribution in [3.8, 4) is 0 Å². The van der Waals surface area contributed by atoms with E-state index in [2.05, 4.69) is 4.98 Å². The molecule has 1 aromatic heterocycles. The third-order valence-corrected chi connectivity index (χ3v) is 1.98. The first kappa shape index (κ1) is 11.4. The molecule has 0 aromatic carbocycles. The van der Waals surface area contributed by atoms with Crippen molar-refractivity contribution in [1.82, 2.24) is 9.88 Å². The Balaban J connectivity index is 3.08. The average Bonchev–Trinajstić information content (AvgIpc) is 2.26. The second kappa shape index (κ2) is 5.29. The van der Waals surface area contributed by atoms with Crippen LogP contribution < -0.4 is 0 Å². The highest BCUT2D eigenvalue weighted by Crippen LogP contribution is 2.15. The molecule has 1 rings (SSSR count). The summed E-state index contributed by atoms with van der Waals surface area (Å²) in [6.07, 6.45) is 5.76. The fourth-order valence-corrected chi connectivity index (χ4v) is 1.28. The van der Waals surface area contributed by atoms with E-state index in [4.69, 9.17) is 0 Å². The van der Waals surface area contributed by atoms with Gasteiger partial charge in [-0.05, 0) is 6.07 Å². The van der Waals surface area contributed by atoms with E-state index >= 15 is 0 Å². The number of rotatable bonds is 4. The predicted molar refractivity (Wildman–Crippen MR) is 61.2 cm³/mol. The van der Waals surface area contributed by atoms with Gasteiger partial charge in [0.25, 0.3) is 0 Å². The molecule has 80 valence electrons. The number of ketones is 1. The van der Waals surface area contributed by atoms with Crippen LogP contribution in [-0.2, 0) is 4.79 Å². The first-order valence-electron chi connectivity index (χ1n) is 4.97. The van der Waals surface area contributed by atoms with E-state index < -0.39 is 0 Å². The van der Waals surface area contributed by atoms with E-state index in [9.17, 15) is 4.79 Å². The number of allylic oxidation sites excluding steroid dienone is 1. The first-order valence-corrected chi connectivity index (χ1v) is 4.97. The zero-order valence-electron chi connectivity index (χ0n) is 9.40. The molecular formula is C12H16N2O. The van der Waals surface area contributed by atoms with E-state index in [1.807, 2.05) is 44.3 Å². The van der Waals surface area contributed by atoms with Crippen LogP contribution in [-0.4, -0.2) is 29.8 Å². The normalized spacial score (nSPS) is 11.3. The van der Waals surface area contributed by atoms with Crippen molar-refractivity contribution < 1.29 is 4.79 Å². The fourth-order valence-electron chi connectivity index (χ4n) is 1.28. The summed E-state index contributed by atoms with van der Waals surface area (Å²) >= 11 is 0. The molecule has 0 unspecified atom stereocenters. The number of hydrogen-bond acceptors (Lipinski definition) is 3. The molecule has 1 heterocycles. The molecule has 0 saturated carbocycles. The molecule has 0 aliphatic heterocycles. The highest BCUT2D eigenvalue weighted by molar-refractivity contribution is 6.20. The van der Waals surface area contributed by atoms with Crippen LogP contribution in [0.1, 0.15) is 18.9 Å². The van der Waals surface area contributed by atoms with Gasteiger partial charge in [-0.3, -0.25) is 9.78 Å². The van der Waals surface area contributed by atoms with Gasteiger partial charge in [0.1, 0.15) is 0 Å². The summed E-state index contributed by atoms with van der Waals surface area (Å²) < 4.78 is 0. The van der Waals surface area contributed by atoms with Crippen LogP contribution in [0, 0.1) is 0 Å². The van der Waals surface area contributed by atoms with Gasteiger partial charge in [0, 0.05) is 50.2 Å². The van der Waals surface area contributed by atoms with E-state index in [1.54, 1.807) is 12.4 Å². The van der Waals surface area contributed by atoms with Gasteiger partial charge in [-0.1, -0.05) is 13.0 Å². The van der Waals surface area contributed by atoms with Crippen LogP contribution in [0.5, 0.6) is 0 Å². The van der Waals surface area contributed by atoms with Crippen molar-refractivity contribution in [2.45, 2.75) is 13.3 Å². The van der Waals surface area contributed by atoms with Gasteiger partial charge < -0.3 is 4.90 Å². The summed E-state index contributed by atoms with van der Waals surface area (Å²) in [7, 11) is 3.80. The Labute approximate surface area is 90.4 Å². The Hall–Kier alpha value is -1.64. The van der Waals surface area contributed by atoms with E-state index in [0.717, 1.165) is 11.1 Å². The maximum Gasteiger partial charge on any atom is 0.164 e. The monoisotopic (exact) mass is 204 g/mol. The van der Waals surface area contributed by atoms with Crippen molar-refractivity contribution in [3.05, 3.63) is 36.3 Å². The van der Waals surface area contributed by atoms with Crippen LogP contribution in [0.4, 0.5) is 0 Å². The molecular weight excluding hydrogens is 188 g/mol. The van der Waals surface area contributed by atoms with Crippen LogP contribution in [0.2, 0.25) is 0 Å². The molecule has 0 atom stereocenters. The predicted octanol–water partition coefficient (Wildman–Crippen LogP) is 1.96. The van der Waals surface area contributed by atoms with Gasteiger partial charge in [0.2, 0.25) is 0 Å². The number of aromatic nitrogens is 1. The zero-order chi connectivity index (χ0) is 11.3. The maximum absolute atomic E-state index is 11.7. The molecule has 0 saturated heterocycles. The molecule has 0 fully saturated rings. The Morgan fingerprint density at radius 1 is 1.53 bits per heavy atom. The largest absolute Gasteiger partial charge is 0.383 e. The summed E-state index contributed by atoms with van der Waals surface area (Å²) in [5.41, 5.74) is 1.59. The smallest absolute Gasteiger partial charge is 0.164 e. The lowest BCUT2D eigenvalue weighted by atomic mass is 10.0. The Bertz CT molecular complexity index is 355. The number of nitrogens with zero attached hydrogens (tertiary/aromatic N) is 2. The van der Waals surface area contributed by atoms with Gasteiger partial charge in [0.15, 0.2) is 5.78 Å². The Morgan fingerprint density at radius 2 is 2.27 bits per heavy atom. The van der Waals surface area contributed by atoms with Crippen molar-refractivity contribution >= 4 is 11.4 Å². The van der Waals surface area contributed by atoms with Crippen molar-refractivity contribution in [2.75, 3.05) is 14.1 Å². The van der Waals surface area contributed by atoms with E-state index in [0.29, 0.717) is 6.42 Å². The molecule has 0 radical (unpaired) electrons. The third kappa shape index (κ3) is 3.20. The van der Waals surface area contributed by atoms with Gasteiger partial charge >= 0.3 is 0 Å². The molecule has 3 heteroatoms. The van der Waals surface area contributed by atoms with Gasteiger partial charge in [-0.15, -0.1) is 0 Å². The average molecular weight is 204 g/mol. The van der Waals surface area contributed by atoms with Crippen LogP contribution in [0.15, 0.2) is 30.7 Å². The molecule has 0 aliphatic carbocycles. The van der Waals surface area contributed by atoms with Crippen LogP contribution >= 0.6 is 0 Å². The standard InChI is InChI=1S/C12H16N2O/c1-4-12(15)11(9-14(2)3)10-6-5-7-13-8-10/h5-9H,4H2,1-3H3. The van der Waals surface area contributed by atoms with Gasteiger partial charge in [0.05, 0.1) is 0 Å². The SMILES string of the molecule is CCC(=O)C(=CN(C)C)c1cccnc1. The highest BCUT2D eigenvalue weighted by Gasteiger charge is 2.09. The summed E-state index contributed by atoms with van der Waals surface area (Å²) in [6.45, 7) is 1.86. The lowest BCUT2D eigenvalue weighted by Crippen LogP contribution is -2.08. The molecule has 0 spiro atoms. The second-order valence-corrected chi connectivity index (χ2v) is 3.52. The number of Topliss-reactive ketones (excluding diaryl/α,β-unsaturated/α-hetero) is 1. The summed E-state index contributed by atoms with van der Waals surface area (Å²) in [5, 5.41) is 0. The molecule has 0 N–H and O–H groups in total. The lowest BCUT2D eigenvalue weighted by molar-refractivity contribution is -0.113. The first-order chi connectivity index (χ1) is 7.15. The second-order valence-electron chi connectivity index (χ2n) is 3.52. The summed E-state index contributed by atoms with van der Waals surface area (Å²) in [4.78, 5) is 17.6. The van der Waals surface area contributed by atoms with Crippen LogP contribution in [0.25, 0.3) is 5.57 Å². The Morgan fingerprint density at radius 3 is 2.73 bits per heavy atom. The molecule has 3 nitrogen and oxygen atoms in total. The third-order valence-electron chi connectivity index (χ3n) is 1.98. The summed E-state index contributed by atoms with van der Waals surface area (Å²) in [6, 6.07) is 3.73. The maximum atomic E-state index is 11.7. The summed E-state index contributed by atoms with van der Waals surface area (Å²) in [5.74, 6) is 0.136. The molecule has 0 bridgehead atoms. The van der Waals surface area contributed by atoms with Crippen molar-refractivity contribution in [1.29, 1.82) is 0 Å². The fraction of sp³-hybridized carbons (Fsp3) is 0.333. The zero-order valence-corrected chi connectivity index (χ0v) is 9.40. The number of carbonyl (C=O) groups excluding carboxylic acids is 1. The topological polar surface area (TPSA) is 33.2 Å². The van der Waals surface area contributed by atoms with E-state index in [-0.39, 0.29) is 5.78 Å². The van der Waals surface area contributed by atoms with Gasteiger partial charge in [-0.2, -0.15) is 0 Å². The minimum atomic E-state index is 0.136. The number of carbonyl (C=O) groups is 1. The molecule has 1 aromatic rings. The Kier molecular flexibility index (Phi) is 4.03.